The van der Waals surface area contributed by atoms with Crippen molar-refractivity contribution in [1.29, 1.82) is 0 Å². The zero-order valence-electron chi connectivity index (χ0n) is 16.5. The fourth-order valence-corrected chi connectivity index (χ4v) is 4.45. The number of benzene rings is 2. The van der Waals surface area contributed by atoms with Crippen LogP contribution in [0.1, 0.15) is 24.2 Å². The van der Waals surface area contributed by atoms with Crippen LogP contribution in [0.5, 0.6) is 11.5 Å². The third-order valence-corrected chi connectivity index (χ3v) is 6.14. The van der Waals surface area contributed by atoms with Gasteiger partial charge in [-0.15, -0.1) is 0 Å². The maximum atomic E-state index is 13.2. The van der Waals surface area contributed by atoms with Gasteiger partial charge in [-0.05, 0) is 50.2 Å². The molecule has 0 saturated heterocycles. The van der Waals surface area contributed by atoms with Gasteiger partial charge in [-0.25, -0.2) is 22.2 Å². The molecule has 1 atom stereocenters. The van der Waals surface area contributed by atoms with E-state index in [1.54, 1.807) is 36.0 Å². The second-order valence-corrected chi connectivity index (χ2v) is 8.12. The van der Waals surface area contributed by atoms with Crippen molar-refractivity contribution < 1.29 is 22.3 Å². The van der Waals surface area contributed by atoms with E-state index in [0.29, 0.717) is 17.0 Å². The molecule has 1 heterocycles. The van der Waals surface area contributed by atoms with Gasteiger partial charge in [-0.3, -0.25) is 0 Å². The fourth-order valence-electron chi connectivity index (χ4n) is 3.04. The summed E-state index contributed by atoms with van der Waals surface area (Å²) in [6, 6.07) is 9.90. The molecule has 0 unspecified atom stereocenters. The van der Waals surface area contributed by atoms with Gasteiger partial charge in [0.05, 0.1) is 26.1 Å². The van der Waals surface area contributed by atoms with Crippen LogP contribution >= 0.6 is 0 Å². The Balaban J connectivity index is 1.90. The summed E-state index contributed by atoms with van der Waals surface area (Å²) in [5.74, 6) is 0.274. The Morgan fingerprint density at radius 2 is 1.79 bits per heavy atom. The molecule has 0 fully saturated rings. The fraction of sp³-hybridized carbons (Fsp3) is 0.250. The van der Waals surface area contributed by atoms with Crippen molar-refractivity contribution in [2.75, 3.05) is 14.2 Å². The number of hydrogen-bond donors (Lipinski definition) is 1. The van der Waals surface area contributed by atoms with Crippen LogP contribution in [0.25, 0.3) is 5.69 Å². The summed E-state index contributed by atoms with van der Waals surface area (Å²) in [5, 5.41) is 4.32. The lowest BCUT2D eigenvalue weighted by molar-refractivity contribution is 0.391. The SMILES string of the molecule is COc1ccc(OC)c(S(=O)(=O)N[C@H](C)c2cnn(-c3ccc(F)cc3)c2C)c1. The summed E-state index contributed by atoms with van der Waals surface area (Å²) in [6.07, 6.45) is 1.59. The van der Waals surface area contributed by atoms with Gasteiger partial charge in [0, 0.05) is 23.4 Å². The Morgan fingerprint density at radius 3 is 2.41 bits per heavy atom. The average molecular weight is 419 g/mol. The second kappa shape index (κ2) is 8.22. The molecule has 7 nitrogen and oxygen atoms in total. The van der Waals surface area contributed by atoms with E-state index < -0.39 is 16.1 Å². The number of sulfonamides is 1. The predicted octanol–water partition coefficient (Wildman–Crippen LogP) is 3.38. The molecule has 3 rings (SSSR count). The molecule has 0 radical (unpaired) electrons. The molecular weight excluding hydrogens is 397 g/mol. The Morgan fingerprint density at radius 1 is 1.10 bits per heavy atom. The summed E-state index contributed by atoms with van der Waals surface area (Å²) in [7, 11) is -1.04. The quantitative estimate of drug-likeness (QED) is 0.635. The number of nitrogens with one attached hydrogen (secondary N) is 1. The van der Waals surface area contributed by atoms with E-state index in [4.69, 9.17) is 9.47 Å². The lowest BCUT2D eigenvalue weighted by atomic mass is 10.1. The minimum Gasteiger partial charge on any atom is -0.497 e. The number of halogens is 1. The first kappa shape index (κ1) is 20.8. The molecule has 1 N–H and O–H groups in total. The number of nitrogens with zero attached hydrogens (tertiary/aromatic N) is 2. The number of rotatable bonds is 7. The summed E-state index contributed by atoms with van der Waals surface area (Å²) >= 11 is 0. The van der Waals surface area contributed by atoms with Gasteiger partial charge in [0.2, 0.25) is 10.0 Å². The van der Waals surface area contributed by atoms with Gasteiger partial charge < -0.3 is 9.47 Å². The van der Waals surface area contributed by atoms with Crippen LogP contribution in [0, 0.1) is 12.7 Å². The van der Waals surface area contributed by atoms with Gasteiger partial charge in [-0.1, -0.05) is 0 Å². The highest BCUT2D eigenvalue weighted by molar-refractivity contribution is 7.89. The van der Waals surface area contributed by atoms with Gasteiger partial charge in [0.15, 0.2) is 0 Å². The smallest absolute Gasteiger partial charge is 0.244 e. The van der Waals surface area contributed by atoms with Crippen LogP contribution in [0.2, 0.25) is 0 Å². The van der Waals surface area contributed by atoms with E-state index >= 15 is 0 Å². The third kappa shape index (κ3) is 4.25. The highest BCUT2D eigenvalue weighted by atomic mass is 32.2. The van der Waals surface area contributed by atoms with Crippen molar-refractivity contribution in [2.24, 2.45) is 0 Å². The molecule has 0 aliphatic heterocycles. The average Bonchev–Trinajstić information content (AvgIpc) is 3.09. The van der Waals surface area contributed by atoms with Crippen molar-refractivity contribution in [1.82, 2.24) is 14.5 Å². The molecule has 0 amide bonds. The monoisotopic (exact) mass is 419 g/mol. The zero-order valence-corrected chi connectivity index (χ0v) is 17.3. The van der Waals surface area contributed by atoms with Gasteiger partial charge >= 0.3 is 0 Å². The zero-order chi connectivity index (χ0) is 21.2. The summed E-state index contributed by atoms with van der Waals surface area (Å²) < 4.78 is 53.7. The van der Waals surface area contributed by atoms with Crippen molar-refractivity contribution in [2.45, 2.75) is 24.8 Å². The lowest BCUT2D eigenvalue weighted by Gasteiger charge is -2.17. The highest BCUT2D eigenvalue weighted by Crippen LogP contribution is 2.30. The second-order valence-electron chi connectivity index (χ2n) is 6.43. The Bertz CT molecular complexity index is 1110. The van der Waals surface area contributed by atoms with Gasteiger partial charge in [-0.2, -0.15) is 5.10 Å². The maximum Gasteiger partial charge on any atom is 0.244 e. The van der Waals surface area contributed by atoms with Crippen molar-refractivity contribution in [3.63, 3.8) is 0 Å². The number of ether oxygens (including phenoxy) is 2. The predicted molar refractivity (Wildman–Crippen MR) is 107 cm³/mol. The van der Waals surface area contributed by atoms with Gasteiger partial charge in [0.1, 0.15) is 22.2 Å². The largest absolute Gasteiger partial charge is 0.497 e. The van der Waals surface area contributed by atoms with Crippen LogP contribution in [-0.4, -0.2) is 32.4 Å². The van der Waals surface area contributed by atoms with Gasteiger partial charge in [0.25, 0.3) is 0 Å². The van der Waals surface area contributed by atoms with E-state index in [-0.39, 0.29) is 16.5 Å². The minimum atomic E-state index is -3.90. The lowest BCUT2D eigenvalue weighted by Crippen LogP contribution is -2.27. The van der Waals surface area contributed by atoms with Crippen LogP contribution in [-0.2, 0) is 10.0 Å². The molecule has 0 bridgehead atoms. The standard InChI is InChI=1S/C20H22FN3O4S/c1-13(18-12-22-24(14(18)2)16-7-5-15(21)6-8-16)23-29(25,26)20-11-17(27-3)9-10-19(20)28-4/h5-13,23H,1-4H3/t13-/m1/s1. The topological polar surface area (TPSA) is 82.4 Å². The highest BCUT2D eigenvalue weighted by Gasteiger charge is 2.25. The molecular formula is C20H22FN3O4S. The van der Waals surface area contributed by atoms with Crippen LogP contribution < -0.4 is 14.2 Å². The first-order valence-corrected chi connectivity index (χ1v) is 10.3. The molecule has 0 aliphatic carbocycles. The van der Waals surface area contributed by atoms with Crippen molar-refractivity contribution >= 4 is 10.0 Å². The van der Waals surface area contributed by atoms with E-state index in [2.05, 4.69) is 9.82 Å². The van der Waals surface area contributed by atoms with Crippen molar-refractivity contribution in [3.05, 3.63) is 65.7 Å². The number of hydrogen-bond acceptors (Lipinski definition) is 5. The van der Waals surface area contributed by atoms with Crippen molar-refractivity contribution in [3.8, 4) is 17.2 Å². The molecule has 3 aromatic rings. The van der Waals surface area contributed by atoms with E-state index in [9.17, 15) is 12.8 Å². The molecule has 154 valence electrons. The van der Waals surface area contributed by atoms with E-state index in [1.807, 2.05) is 6.92 Å². The van der Waals surface area contributed by atoms with E-state index in [1.165, 1.54) is 38.5 Å². The number of methoxy groups -OCH3 is 2. The summed E-state index contributed by atoms with van der Waals surface area (Å²) in [4.78, 5) is -0.0187. The van der Waals surface area contributed by atoms with Crippen LogP contribution in [0.4, 0.5) is 4.39 Å². The first-order chi connectivity index (χ1) is 13.8. The molecule has 0 aliphatic rings. The molecule has 2 aromatic carbocycles. The normalized spacial score (nSPS) is 12.6. The summed E-state index contributed by atoms with van der Waals surface area (Å²) in [6.45, 7) is 3.55. The van der Waals surface area contributed by atoms with Crippen LogP contribution in [0.3, 0.4) is 0 Å². The maximum absolute atomic E-state index is 13.2. The number of aromatic nitrogens is 2. The van der Waals surface area contributed by atoms with Crippen LogP contribution in [0.15, 0.2) is 53.6 Å². The Kier molecular flexibility index (Phi) is 5.90. The summed E-state index contributed by atoms with van der Waals surface area (Å²) in [5.41, 5.74) is 2.11. The third-order valence-electron chi connectivity index (χ3n) is 4.58. The molecule has 0 spiro atoms. The molecule has 1 aromatic heterocycles. The first-order valence-electron chi connectivity index (χ1n) is 8.81. The minimum absolute atomic E-state index is 0.0187. The molecule has 29 heavy (non-hydrogen) atoms. The Hall–Kier alpha value is -2.91. The Labute approximate surface area is 169 Å². The van der Waals surface area contributed by atoms with E-state index in [0.717, 1.165) is 5.69 Å². The molecule has 9 heteroatoms. The molecule has 0 saturated carbocycles.